The average Bonchev–Trinajstić information content (AvgIpc) is 2.91. The van der Waals surface area contributed by atoms with E-state index in [1.54, 1.807) is 23.6 Å². The fraction of sp³-hybridized carbons (Fsp3) is 0.250. The molecule has 2 aromatic carbocycles. The SMILES string of the molecule is CCOC(=O)Cn1c(=NC(=O)Cc2cccc(C)c2)sc2cc(Cl)ccc21. The van der Waals surface area contributed by atoms with E-state index in [0.717, 1.165) is 21.3 Å². The predicted molar refractivity (Wildman–Crippen MR) is 107 cm³/mol. The monoisotopic (exact) mass is 402 g/mol. The van der Waals surface area contributed by atoms with E-state index in [2.05, 4.69) is 4.99 Å². The molecule has 1 aromatic heterocycles. The molecule has 0 fully saturated rings. The number of amides is 1. The largest absolute Gasteiger partial charge is 0.465 e. The lowest BCUT2D eigenvalue weighted by molar-refractivity contribution is -0.143. The van der Waals surface area contributed by atoms with Crippen LogP contribution in [0.1, 0.15) is 18.1 Å². The summed E-state index contributed by atoms with van der Waals surface area (Å²) in [7, 11) is 0. The Morgan fingerprint density at radius 3 is 2.78 bits per heavy atom. The smallest absolute Gasteiger partial charge is 0.326 e. The number of ether oxygens (including phenoxy) is 1. The number of nitrogens with zero attached hydrogens (tertiary/aromatic N) is 2. The molecule has 0 radical (unpaired) electrons. The second-order valence-electron chi connectivity index (χ2n) is 6.06. The minimum Gasteiger partial charge on any atom is -0.465 e. The number of fused-ring (bicyclic) bond motifs is 1. The molecule has 3 aromatic rings. The van der Waals surface area contributed by atoms with E-state index >= 15 is 0 Å². The van der Waals surface area contributed by atoms with Gasteiger partial charge in [-0.05, 0) is 37.6 Å². The number of hydrogen-bond donors (Lipinski definition) is 0. The number of carbonyl (C=O) groups is 2. The Hall–Kier alpha value is -2.44. The first-order valence-electron chi connectivity index (χ1n) is 8.54. The van der Waals surface area contributed by atoms with Gasteiger partial charge >= 0.3 is 5.97 Å². The molecule has 0 aliphatic heterocycles. The van der Waals surface area contributed by atoms with Gasteiger partial charge in [0.2, 0.25) is 0 Å². The number of aryl methyl sites for hydroxylation is 1. The summed E-state index contributed by atoms with van der Waals surface area (Å²) in [5.74, 6) is -0.643. The molecule has 7 heteroatoms. The highest BCUT2D eigenvalue weighted by Gasteiger charge is 2.13. The van der Waals surface area contributed by atoms with E-state index in [4.69, 9.17) is 16.3 Å². The van der Waals surface area contributed by atoms with Crippen molar-refractivity contribution in [2.45, 2.75) is 26.8 Å². The van der Waals surface area contributed by atoms with Crippen LogP contribution in [-0.4, -0.2) is 23.1 Å². The second kappa shape index (κ2) is 8.50. The maximum atomic E-state index is 12.5. The molecule has 3 rings (SSSR count). The first-order valence-corrected chi connectivity index (χ1v) is 9.73. The molecule has 27 heavy (non-hydrogen) atoms. The lowest BCUT2D eigenvalue weighted by Gasteiger charge is -2.05. The minimum absolute atomic E-state index is 0.00791. The molecule has 0 unspecified atom stereocenters. The molecule has 0 aliphatic carbocycles. The molecule has 0 aliphatic rings. The Bertz CT molecular complexity index is 1070. The number of esters is 1. The summed E-state index contributed by atoms with van der Waals surface area (Å²) in [6.07, 6.45) is 0.204. The highest BCUT2D eigenvalue weighted by Crippen LogP contribution is 2.22. The van der Waals surface area contributed by atoms with Gasteiger partial charge in [0.05, 0.1) is 23.2 Å². The first kappa shape index (κ1) is 19.3. The summed E-state index contributed by atoms with van der Waals surface area (Å²) in [5.41, 5.74) is 2.79. The quantitative estimate of drug-likeness (QED) is 0.608. The van der Waals surface area contributed by atoms with E-state index in [0.29, 0.717) is 16.4 Å². The van der Waals surface area contributed by atoms with Gasteiger partial charge < -0.3 is 9.30 Å². The zero-order valence-corrected chi connectivity index (χ0v) is 16.6. The van der Waals surface area contributed by atoms with Crippen molar-refractivity contribution in [3.8, 4) is 0 Å². The van der Waals surface area contributed by atoms with Crippen LogP contribution in [0.4, 0.5) is 0 Å². The molecular formula is C20H19ClN2O3S. The Balaban J connectivity index is 1.99. The summed E-state index contributed by atoms with van der Waals surface area (Å²) < 4.78 is 7.60. The molecule has 1 heterocycles. The van der Waals surface area contributed by atoms with Crippen molar-refractivity contribution in [3.05, 3.63) is 63.4 Å². The molecule has 5 nitrogen and oxygen atoms in total. The average molecular weight is 403 g/mol. The third-order valence-electron chi connectivity index (χ3n) is 3.90. The zero-order valence-electron chi connectivity index (χ0n) is 15.1. The van der Waals surface area contributed by atoms with Crippen molar-refractivity contribution in [3.63, 3.8) is 0 Å². The van der Waals surface area contributed by atoms with Gasteiger partial charge in [-0.1, -0.05) is 52.8 Å². The van der Waals surface area contributed by atoms with Crippen molar-refractivity contribution < 1.29 is 14.3 Å². The first-order chi connectivity index (χ1) is 13.0. The highest BCUT2D eigenvalue weighted by atomic mass is 35.5. The van der Waals surface area contributed by atoms with Crippen LogP contribution in [0.15, 0.2) is 47.5 Å². The molecule has 0 N–H and O–H groups in total. The fourth-order valence-corrected chi connectivity index (χ4v) is 4.09. The summed E-state index contributed by atoms with van der Waals surface area (Å²) in [5, 5.41) is 0.588. The number of thiazole rings is 1. The molecule has 140 valence electrons. The van der Waals surface area contributed by atoms with Crippen molar-refractivity contribution in [1.82, 2.24) is 4.57 Å². The number of hydrogen-bond acceptors (Lipinski definition) is 4. The number of rotatable bonds is 5. The van der Waals surface area contributed by atoms with Crippen molar-refractivity contribution >= 4 is 45.0 Å². The molecular weight excluding hydrogens is 384 g/mol. The Labute approximate surface area is 165 Å². The summed E-state index contributed by atoms with van der Waals surface area (Å²) in [6, 6.07) is 13.1. The second-order valence-corrected chi connectivity index (χ2v) is 7.50. The molecule has 0 saturated carbocycles. The van der Waals surface area contributed by atoms with Crippen LogP contribution in [-0.2, 0) is 27.3 Å². The van der Waals surface area contributed by atoms with Crippen LogP contribution in [0.5, 0.6) is 0 Å². The molecule has 0 atom stereocenters. The maximum absolute atomic E-state index is 12.5. The molecule has 1 amide bonds. The van der Waals surface area contributed by atoms with Crippen LogP contribution in [0.25, 0.3) is 10.2 Å². The number of aromatic nitrogens is 1. The minimum atomic E-state index is -0.375. The molecule has 0 bridgehead atoms. The van der Waals surface area contributed by atoms with Gasteiger partial charge in [-0.3, -0.25) is 9.59 Å². The highest BCUT2D eigenvalue weighted by molar-refractivity contribution is 7.16. The van der Waals surface area contributed by atoms with Crippen LogP contribution in [0.3, 0.4) is 0 Å². The van der Waals surface area contributed by atoms with E-state index in [1.165, 1.54) is 11.3 Å². The molecule has 0 saturated heterocycles. The third kappa shape index (κ3) is 4.84. The van der Waals surface area contributed by atoms with Crippen molar-refractivity contribution in [1.29, 1.82) is 0 Å². The normalized spacial score (nSPS) is 11.7. The Morgan fingerprint density at radius 2 is 2.04 bits per heavy atom. The third-order valence-corrected chi connectivity index (χ3v) is 5.17. The molecule has 0 spiro atoms. The Morgan fingerprint density at radius 1 is 1.22 bits per heavy atom. The van der Waals surface area contributed by atoms with E-state index in [-0.39, 0.29) is 24.8 Å². The van der Waals surface area contributed by atoms with Crippen LogP contribution in [0, 0.1) is 6.92 Å². The van der Waals surface area contributed by atoms with Gasteiger partial charge in [-0.25, -0.2) is 0 Å². The standard InChI is InChI=1S/C20H19ClN2O3S/c1-3-26-19(25)12-23-16-8-7-15(21)11-17(16)27-20(23)22-18(24)10-14-6-4-5-13(2)9-14/h4-9,11H,3,10,12H2,1-2H3. The van der Waals surface area contributed by atoms with Gasteiger partial charge in [0.1, 0.15) is 6.54 Å². The Kier molecular flexibility index (Phi) is 6.08. The number of halogens is 1. The summed E-state index contributed by atoms with van der Waals surface area (Å²) in [4.78, 5) is 29.2. The fourth-order valence-electron chi connectivity index (χ4n) is 2.76. The van der Waals surface area contributed by atoms with Gasteiger partial charge in [-0.2, -0.15) is 4.99 Å². The van der Waals surface area contributed by atoms with Crippen LogP contribution >= 0.6 is 22.9 Å². The van der Waals surface area contributed by atoms with E-state index in [9.17, 15) is 9.59 Å². The predicted octanol–water partition coefficient (Wildman–Crippen LogP) is 3.90. The lowest BCUT2D eigenvalue weighted by atomic mass is 10.1. The van der Waals surface area contributed by atoms with Crippen LogP contribution in [0.2, 0.25) is 5.02 Å². The van der Waals surface area contributed by atoms with Crippen molar-refractivity contribution in [2.75, 3.05) is 6.61 Å². The number of benzene rings is 2. The summed E-state index contributed by atoms with van der Waals surface area (Å²) >= 11 is 7.40. The van der Waals surface area contributed by atoms with Gasteiger partial charge in [-0.15, -0.1) is 0 Å². The topological polar surface area (TPSA) is 60.7 Å². The van der Waals surface area contributed by atoms with E-state index in [1.807, 2.05) is 37.3 Å². The van der Waals surface area contributed by atoms with Crippen molar-refractivity contribution in [2.24, 2.45) is 4.99 Å². The van der Waals surface area contributed by atoms with E-state index < -0.39 is 0 Å². The lowest BCUT2D eigenvalue weighted by Crippen LogP contribution is -2.23. The van der Waals surface area contributed by atoms with Gasteiger partial charge in [0.25, 0.3) is 5.91 Å². The summed E-state index contributed by atoms with van der Waals surface area (Å²) in [6.45, 7) is 4.02. The van der Waals surface area contributed by atoms with Gasteiger partial charge in [0, 0.05) is 5.02 Å². The number of carbonyl (C=O) groups excluding carboxylic acids is 2. The van der Waals surface area contributed by atoms with Gasteiger partial charge in [0.15, 0.2) is 4.80 Å². The zero-order chi connectivity index (χ0) is 19.4. The maximum Gasteiger partial charge on any atom is 0.326 e. The van der Waals surface area contributed by atoms with Crippen LogP contribution < -0.4 is 4.80 Å².